The molecular formula is C12H13NOS. The summed E-state index contributed by atoms with van der Waals surface area (Å²) in [6.45, 7) is 2.04. The Bertz CT molecular complexity index is 513. The molecule has 0 radical (unpaired) electrons. The van der Waals surface area contributed by atoms with Crippen molar-refractivity contribution >= 4 is 21.6 Å². The molecule has 1 fully saturated rings. The molecule has 78 valence electrons. The van der Waals surface area contributed by atoms with E-state index >= 15 is 0 Å². The first-order chi connectivity index (χ1) is 7.18. The Hall–Kier alpha value is -0.930. The lowest BCUT2D eigenvalue weighted by Crippen LogP contribution is -2.10. The zero-order valence-electron chi connectivity index (χ0n) is 8.66. The van der Waals surface area contributed by atoms with Crippen molar-refractivity contribution in [2.75, 3.05) is 0 Å². The lowest BCUT2D eigenvalue weighted by molar-refractivity contribution is 0.151. The number of benzene rings is 1. The number of aliphatic hydroxyl groups is 1. The molecule has 0 amide bonds. The summed E-state index contributed by atoms with van der Waals surface area (Å²) in [6.07, 6.45) is 2.67. The molecule has 1 aromatic heterocycles. The van der Waals surface area contributed by atoms with Crippen LogP contribution in [0.5, 0.6) is 0 Å². The van der Waals surface area contributed by atoms with Crippen LogP contribution in [0.15, 0.2) is 18.2 Å². The maximum absolute atomic E-state index is 9.95. The minimum atomic E-state index is -0.414. The van der Waals surface area contributed by atoms with Crippen LogP contribution in [0.3, 0.4) is 0 Å². The largest absolute Gasteiger partial charge is 0.390 e. The van der Waals surface area contributed by atoms with Crippen LogP contribution in [-0.4, -0.2) is 15.1 Å². The summed E-state index contributed by atoms with van der Waals surface area (Å²) in [5, 5.41) is 11.2. The molecule has 1 aromatic carbocycles. The summed E-state index contributed by atoms with van der Waals surface area (Å²) in [5.41, 5.74) is 1.93. The number of aromatic nitrogens is 1. The summed E-state index contributed by atoms with van der Waals surface area (Å²) in [5.74, 6) is 0. The van der Waals surface area contributed by atoms with Gasteiger partial charge in [0.1, 0.15) is 0 Å². The molecule has 2 aromatic rings. The van der Waals surface area contributed by atoms with E-state index in [2.05, 4.69) is 22.6 Å². The molecule has 1 saturated carbocycles. The van der Waals surface area contributed by atoms with Crippen LogP contribution in [0.1, 0.15) is 24.1 Å². The van der Waals surface area contributed by atoms with Gasteiger partial charge in [0.2, 0.25) is 0 Å². The molecule has 3 rings (SSSR count). The van der Waals surface area contributed by atoms with Crippen LogP contribution in [0.4, 0.5) is 0 Å². The standard InChI is InChI=1S/C12H13NOS/c1-8-11-9(7-12(14)5-6-12)3-2-4-10(11)15-13-8/h2-4,14H,5-7H2,1H3. The molecular weight excluding hydrogens is 206 g/mol. The second-order valence-corrected chi connectivity index (χ2v) is 5.26. The van der Waals surface area contributed by atoms with Crippen molar-refractivity contribution in [2.45, 2.75) is 31.8 Å². The van der Waals surface area contributed by atoms with Crippen LogP contribution >= 0.6 is 11.5 Å². The third kappa shape index (κ3) is 1.56. The maximum Gasteiger partial charge on any atom is 0.0690 e. The summed E-state index contributed by atoms with van der Waals surface area (Å²) >= 11 is 1.54. The second kappa shape index (κ2) is 3.03. The van der Waals surface area contributed by atoms with Crippen molar-refractivity contribution < 1.29 is 5.11 Å². The van der Waals surface area contributed by atoms with Crippen LogP contribution in [0.25, 0.3) is 10.1 Å². The molecule has 0 spiro atoms. The van der Waals surface area contributed by atoms with Crippen LogP contribution in [-0.2, 0) is 6.42 Å². The fraction of sp³-hybridized carbons (Fsp3) is 0.417. The van der Waals surface area contributed by atoms with Gasteiger partial charge in [-0.15, -0.1) is 0 Å². The van der Waals surface area contributed by atoms with Crippen molar-refractivity contribution in [1.82, 2.24) is 4.37 Å². The summed E-state index contributed by atoms with van der Waals surface area (Å²) in [4.78, 5) is 0. The van der Waals surface area contributed by atoms with Crippen LogP contribution in [0.2, 0.25) is 0 Å². The second-order valence-electron chi connectivity index (χ2n) is 4.46. The molecule has 1 aliphatic rings. The Kier molecular flexibility index (Phi) is 1.88. The molecule has 1 N–H and O–H groups in total. The van der Waals surface area contributed by atoms with Gasteiger partial charge in [-0.25, -0.2) is 0 Å². The van der Waals surface area contributed by atoms with E-state index in [1.807, 2.05) is 6.92 Å². The first kappa shape index (κ1) is 9.31. The Balaban J connectivity index is 2.12. The zero-order valence-corrected chi connectivity index (χ0v) is 9.47. The van der Waals surface area contributed by atoms with Crippen molar-refractivity contribution in [1.29, 1.82) is 0 Å². The molecule has 0 atom stereocenters. The highest BCUT2D eigenvalue weighted by Gasteiger charge is 2.40. The third-order valence-corrected chi connectivity index (χ3v) is 4.00. The summed E-state index contributed by atoms with van der Waals surface area (Å²) in [7, 11) is 0. The van der Waals surface area contributed by atoms with Crippen LogP contribution < -0.4 is 0 Å². The quantitative estimate of drug-likeness (QED) is 0.842. The molecule has 0 saturated heterocycles. The maximum atomic E-state index is 9.95. The first-order valence-corrected chi connectivity index (χ1v) is 6.02. The van der Waals surface area contributed by atoms with Crippen molar-refractivity contribution in [3.05, 3.63) is 29.5 Å². The van der Waals surface area contributed by atoms with E-state index in [4.69, 9.17) is 0 Å². The van der Waals surface area contributed by atoms with Gasteiger partial charge in [-0.2, -0.15) is 4.37 Å². The number of nitrogens with zero attached hydrogens (tertiary/aromatic N) is 1. The van der Waals surface area contributed by atoms with Gasteiger partial charge in [-0.1, -0.05) is 12.1 Å². The zero-order chi connectivity index (χ0) is 10.5. The average Bonchev–Trinajstić information content (AvgIpc) is 2.80. The predicted molar refractivity (Wildman–Crippen MR) is 62.2 cm³/mol. The van der Waals surface area contributed by atoms with E-state index in [0.717, 1.165) is 25.0 Å². The van der Waals surface area contributed by atoms with Gasteiger partial charge >= 0.3 is 0 Å². The Morgan fingerprint density at radius 3 is 3.00 bits per heavy atom. The number of rotatable bonds is 2. The summed E-state index contributed by atoms with van der Waals surface area (Å²) in [6, 6.07) is 6.27. The number of hydrogen-bond donors (Lipinski definition) is 1. The molecule has 1 aliphatic carbocycles. The minimum absolute atomic E-state index is 0.414. The molecule has 0 bridgehead atoms. The molecule has 1 heterocycles. The van der Waals surface area contributed by atoms with E-state index in [9.17, 15) is 5.11 Å². The van der Waals surface area contributed by atoms with Crippen molar-refractivity contribution in [3.8, 4) is 0 Å². The van der Waals surface area contributed by atoms with Gasteiger partial charge in [0, 0.05) is 11.8 Å². The van der Waals surface area contributed by atoms with Gasteiger partial charge < -0.3 is 5.11 Å². The molecule has 3 heteroatoms. The fourth-order valence-corrected chi connectivity index (χ4v) is 2.89. The topological polar surface area (TPSA) is 33.1 Å². The number of hydrogen-bond acceptors (Lipinski definition) is 3. The molecule has 0 unspecified atom stereocenters. The molecule has 2 nitrogen and oxygen atoms in total. The van der Waals surface area contributed by atoms with E-state index in [0.29, 0.717) is 0 Å². The van der Waals surface area contributed by atoms with Crippen molar-refractivity contribution in [3.63, 3.8) is 0 Å². The Morgan fingerprint density at radius 1 is 1.47 bits per heavy atom. The molecule has 0 aliphatic heterocycles. The van der Waals surface area contributed by atoms with Crippen LogP contribution in [0, 0.1) is 6.92 Å². The van der Waals surface area contributed by atoms with Gasteiger partial charge in [0.15, 0.2) is 0 Å². The monoisotopic (exact) mass is 219 g/mol. The van der Waals surface area contributed by atoms with E-state index in [1.165, 1.54) is 15.6 Å². The van der Waals surface area contributed by atoms with Gasteiger partial charge in [-0.05, 0) is 42.9 Å². The SMILES string of the molecule is Cc1nsc2cccc(CC3(O)CC3)c12. The summed E-state index contributed by atoms with van der Waals surface area (Å²) < 4.78 is 5.60. The fourth-order valence-electron chi connectivity index (χ4n) is 2.05. The van der Waals surface area contributed by atoms with E-state index < -0.39 is 5.60 Å². The lowest BCUT2D eigenvalue weighted by Gasteiger charge is -2.08. The number of fused-ring (bicyclic) bond motifs is 1. The highest BCUT2D eigenvalue weighted by atomic mass is 32.1. The van der Waals surface area contributed by atoms with Gasteiger partial charge in [0.25, 0.3) is 0 Å². The van der Waals surface area contributed by atoms with Gasteiger partial charge in [0.05, 0.1) is 16.0 Å². The Morgan fingerprint density at radius 2 is 2.27 bits per heavy atom. The smallest absolute Gasteiger partial charge is 0.0690 e. The Labute approximate surface area is 92.7 Å². The van der Waals surface area contributed by atoms with Crippen molar-refractivity contribution in [2.24, 2.45) is 0 Å². The normalized spacial score (nSPS) is 18.3. The van der Waals surface area contributed by atoms with E-state index in [1.54, 1.807) is 11.5 Å². The number of aryl methyl sites for hydroxylation is 1. The minimum Gasteiger partial charge on any atom is -0.390 e. The predicted octanol–water partition coefficient (Wildman–Crippen LogP) is 2.67. The first-order valence-electron chi connectivity index (χ1n) is 5.24. The lowest BCUT2D eigenvalue weighted by atomic mass is 10.0. The van der Waals surface area contributed by atoms with Gasteiger partial charge in [-0.3, -0.25) is 0 Å². The average molecular weight is 219 g/mol. The third-order valence-electron chi connectivity index (χ3n) is 3.10. The molecule has 15 heavy (non-hydrogen) atoms. The highest BCUT2D eigenvalue weighted by molar-refractivity contribution is 7.13. The van der Waals surface area contributed by atoms with E-state index in [-0.39, 0.29) is 0 Å². The highest BCUT2D eigenvalue weighted by Crippen LogP contribution is 2.40.